The van der Waals surface area contributed by atoms with Crippen LogP contribution in [0.25, 0.3) is 0 Å². The molecule has 18 heavy (non-hydrogen) atoms. The van der Waals surface area contributed by atoms with Crippen molar-refractivity contribution >= 4 is 12.4 Å². The summed E-state index contributed by atoms with van der Waals surface area (Å²) in [6, 6.07) is 0. The molecule has 4 heteroatoms. The van der Waals surface area contributed by atoms with Crippen LogP contribution < -0.4 is 5.32 Å². The van der Waals surface area contributed by atoms with Crippen molar-refractivity contribution in [2.45, 2.75) is 26.2 Å². The Labute approximate surface area is 119 Å². The highest BCUT2D eigenvalue weighted by atomic mass is 35.5. The molecule has 0 saturated carbocycles. The zero-order valence-electron chi connectivity index (χ0n) is 12.2. The van der Waals surface area contributed by atoms with E-state index < -0.39 is 0 Å². The minimum Gasteiger partial charge on any atom is -0.316 e. The molecule has 2 aliphatic rings. The molecule has 1 unspecified atom stereocenters. The number of halogens is 1. The van der Waals surface area contributed by atoms with Gasteiger partial charge in [-0.1, -0.05) is 6.92 Å². The molecule has 0 aromatic rings. The summed E-state index contributed by atoms with van der Waals surface area (Å²) in [7, 11) is 4.55. The van der Waals surface area contributed by atoms with E-state index in [-0.39, 0.29) is 12.4 Å². The van der Waals surface area contributed by atoms with Crippen molar-refractivity contribution in [3.8, 4) is 0 Å². The largest absolute Gasteiger partial charge is 0.316 e. The average molecular weight is 276 g/mol. The Morgan fingerprint density at radius 2 is 2.00 bits per heavy atom. The molecule has 0 amide bonds. The van der Waals surface area contributed by atoms with Gasteiger partial charge in [0, 0.05) is 19.6 Å². The maximum Gasteiger partial charge on any atom is 0.00450 e. The summed E-state index contributed by atoms with van der Waals surface area (Å²) >= 11 is 0. The van der Waals surface area contributed by atoms with Gasteiger partial charge < -0.3 is 15.1 Å². The highest BCUT2D eigenvalue weighted by Crippen LogP contribution is 2.26. The van der Waals surface area contributed by atoms with Gasteiger partial charge in [0.2, 0.25) is 0 Å². The number of hydrogen-bond acceptors (Lipinski definition) is 3. The number of piperidine rings is 1. The molecule has 0 aromatic heterocycles. The summed E-state index contributed by atoms with van der Waals surface area (Å²) in [5.41, 5.74) is 0.514. The lowest BCUT2D eigenvalue weighted by Gasteiger charge is -2.34. The summed E-state index contributed by atoms with van der Waals surface area (Å²) < 4.78 is 0. The first kappa shape index (κ1) is 16.2. The van der Waals surface area contributed by atoms with Gasteiger partial charge in [-0.2, -0.15) is 0 Å². The lowest BCUT2D eigenvalue weighted by atomic mass is 9.88. The molecule has 2 aliphatic heterocycles. The zero-order chi connectivity index (χ0) is 12.3. The second-order valence-corrected chi connectivity index (χ2v) is 6.68. The molecule has 2 rings (SSSR count). The van der Waals surface area contributed by atoms with Crippen molar-refractivity contribution in [1.82, 2.24) is 15.1 Å². The summed E-state index contributed by atoms with van der Waals surface area (Å²) in [5, 5.41) is 3.49. The third-order valence-corrected chi connectivity index (χ3v) is 4.52. The first-order chi connectivity index (χ1) is 8.07. The number of likely N-dealkylation sites (tertiary alicyclic amines) is 1. The SMILES string of the molecule is CN1CCC(CN(C)CC2(C)CCNC2)CC1.Cl. The molecule has 0 radical (unpaired) electrons. The van der Waals surface area contributed by atoms with E-state index in [1.54, 1.807) is 0 Å². The fourth-order valence-electron chi connectivity index (χ4n) is 3.41. The van der Waals surface area contributed by atoms with Gasteiger partial charge in [0.05, 0.1) is 0 Å². The molecule has 0 spiro atoms. The van der Waals surface area contributed by atoms with Gasteiger partial charge in [-0.05, 0) is 64.3 Å². The monoisotopic (exact) mass is 275 g/mol. The molecule has 0 bridgehead atoms. The van der Waals surface area contributed by atoms with Crippen LogP contribution in [0.2, 0.25) is 0 Å². The zero-order valence-corrected chi connectivity index (χ0v) is 13.1. The predicted molar refractivity (Wildman–Crippen MR) is 80.6 cm³/mol. The summed E-state index contributed by atoms with van der Waals surface area (Å²) in [4.78, 5) is 5.03. The predicted octanol–water partition coefficient (Wildman–Crippen LogP) is 1.68. The van der Waals surface area contributed by atoms with Gasteiger partial charge in [0.1, 0.15) is 0 Å². The average Bonchev–Trinajstić information content (AvgIpc) is 2.68. The van der Waals surface area contributed by atoms with Crippen LogP contribution in [-0.4, -0.2) is 63.2 Å². The van der Waals surface area contributed by atoms with E-state index in [1.165, 1.54) is 58.5 Å². The first-order valence-electron chi connectivity index (χ1n) is 7.15. The number of nitrogens with one attached hydrogen (secondary N) is 1. The van der Waals surface area contributed by atoms with Crippen molar-refractivity contribution < 1.29 is 0 Å². The highest BCUT2D eigenvalue weighted by molar-refractivity contribution is 5.85. The van der Waals surface area contributed by atoms with Crippen LogP contribution in [0.5, 0.6) is 0 Å². The van der Waals surface area contributed by atoms with Crippen molar-refractivity contribution in [3.63, 3.8) is 0 Å². The van der Waals surface area contributed by atoms with Crippen LogP contribution in [-0.2, 0) is 0 Å². The third-order valence-electron chi connectivity index (χ3n) is 4.52. The topological polar surface area (TPSA) is 18.5 Å². The lowest BCUT2D eigenvalue weighted by molar-refractivity contribution is 0.145. The van der Waals surface area contributed by atoms with E-state index in [1.807, 2.05) is 0 Å². The van der Waals surface area contributed by atoms with E-state index in [0.717, 1.165) is 5.92 Å². The quantitative estimate of drug-likeness (QED) is 0.842. The molecule has 0 aromatic carbocycles. The lowest BCUT2D eigenvalue weighted by Crippen LogP contribution is -2.40. The molecule has 2 fully saturated rings. The molecular formula is C14H30ClN3. The first-order valence-corrected chi connectivity index (χ1v) is 7.15. The Morgan fingerprint density at radius 1 is 1.33 bits per heavy atom. The number of nitrogens with zero attached hydrogens (tertiary/aromatic N) is 2. The Hall–Kier alpha value is 0.170. The number of hydrogen-bond donors (Lipinski definition) is 1. The standard InChI is InChI=1S/C14H29N3.ClH/c1-14(6-7-15-11-14)12-17(3)10-13-4-8-16(2)9-5-13;/h13,15H,4-12H2,1-3H3;1H. The van der Waals surface area contributed by atoms with Crippen LogP contribution in [0.4, 0.5) is 0 Å². The minimum atomic E-state index is 0. The van der Waals surface area contributed by atoms with Gasteiger partial charge in [-0.15, -0.1) is 12.4 Å². The van der Waals surface area contributed by atoms with Crippen molar-refractivity contribution in [2.24, 2.45) is 11.3 Å². The smallest absolute Gasteiger partial charge is 0.00450 e. The molecule has 1 atom stereocenters. The van der Waals surface area contributed by atoms with Crippen LogP contribution >= 0.6 is 12.4 Å². The van der Waals surface area contributed by atoms with E-state index in [4.69, 9.17) is 0 Å². The molecule has 1 N–H and O–H groups in total. The summed E-state index contributed by atoms with van der Waals surface area (Å²) in [5.74, 6) is 0.925. The second-order valence-electron chi connectivity index (χ2n) is 6.68. The van der Waals surface area contributed by atoms with E-state index in [0.29, 0.717) is 5.41 Å². The fourth-order valence-corrected chi connectivity index (χ4v) is 3.41. The van der Waals surface area contributed by atoms with Crippen LogP contribution in [0.1, 0.15) is 26.2 Å². The highest BCUT2D eigenvalue weighted by Gasteiger charge is 2.30. The summed E-state index contributed by atoms with van der Waals surface area (Å²) in [6.45, 7) is 9.96. The Morgan fingerprint density at radius 3 is 2.56 bits per heavy atom. The van der Waals surface area contributed by atoms with Gasteiger partial charge in [0.15, 0.2) is 0 Å². The van der Waals surface area contributed by atoms with Crippen molar-refractivity contribution in [2.75, 3.05) is 53.4 Å². The van der Waals surface area contributed by atoms with Crippen molar-refractivity contribution in [1.29, 1.82) is 0 Å². The normalized spacial score (nSPS) is 30.7. The van der Waals surface area contributed by atoms with Gasteiger partial charge in [-0.3, -0.25) is 0 Å². The third kappa shape index (κ3) is 4.69. The number of rotatable bonds is 4. The minimum absolute atomic E-state index is 0. The van der Waals surface area contributed by atoms with E-state index in [2.05, 4.69) is 36.1 Å². The summed E-state index contributed by atoms with van der Waals surface area (Å²) in [6.07, 6.45) is 4.11. The van der Waals surface area contributed by atoms with Crippen LogP contribution in [0, 0.1) is 11.3 Å². The molecular weight excluding hydrogens is 246 g/mol. The Balaban J connectivity index is 0.00000162. The molecule has 0 aliphatic carbocycles. The van der Waals surface area contributed by atoms with Crippen molar-refractivity contribution in [3.05, 3.63) is 0 Å². The molecule has 2 heterocycles. The van der Waals surface area contributed by atoms with E-state index in [9.17, 15) is 0 Å². The van der Waals surface area contributed by atoms with Crippen LogP contribution in [0.15, 0.2) is 0 Å². The van der Waals surface area contributed by atoms with Gasteiger partial charge in [-0.25, -0.2) is 0 Å². The molecule has 2 saturated heterocycles. The Kier molecular flexibility index (Phi) is 6.39. The van der Waals surface area contributed by atoms with Gasteiger partial charge in [0.25, 0.3) is 0 Å². The van der Waals surface area contributed by atoms with Gasteiger partial charge >= 0.3 is 0 Å². The molecule has 3 nitrogen and oxygen atoms in total. The fraction of sp³-hybridized carbons (Fsp3) is 1.00. The van der Waals surface area contributed by atoms with Crippen LogP contribution in [0.3, 0.4) is 0 Å². The second kappa shape index (κ2) is 7.09. The van der Waals surface area contributed by atoms with E-state index >= 15 is 0 Å². The maximum atomic E-state index is 3.49. The maximum absolute atomic E-state index is 3.49. The molecule has 108 valence electrons. The Bertz CT molecular complexity index is 233.